The number of carbonyl (C=O) groups excluding carboxylic acids is 2. The van der Waals surface area contributed by atoms with Gasteiger partial charge in [-0.05, 0) is 55.3 Å². The van der Waals surface area contributed by atoms with Crippen LogP contribution >= 0.6 is 0 Å². The second-order valence-corrected chi connectivity index (χ2v) is 7.61. The third-order valence-corrected chi connectivity index (χ3v) is 5.04. The number of hydrogen-bond acceptors (Lipinski definition) is 4. The molecule has 1 aliphatic carbocycles. The highest BCUT2D eigenvalue weighted by Crippen LogP contribution is 2.30. The highest BCUT2D eigenvalue weighted by atomic mass is 19.1. The standard InChI is InChI=1S/C24H19FN4O3/c25-17-4-1-3-16(11-17)24(31)26-18-5-2-6-19(12-18)32-20-9-10-22-27-21(14-29(22)13-20)28-23(30)15-7-8-15/h1-6,9-15H,7-8H2,(H,26,31)(H,28,30). The molecule has 160 valence electrons. The van der Waals surface area contributed by atoms with E-state index in [0.29, 0.717) is 28.7 Å². The van der Waals surface area contributed by atoms with Gasteiger partial charge in [0.2, 0.25) is 5.91 Å². The van der Waals surface area contributed by atoms with E-state index in [9.17, 15) is 14.0 Å². The summed E-state index contributed by atoms with van der Waals surface area (Å²) in [6, 6.07) is 16.0. The molecule has 0 aliphatic heterocycles. The quantitative estimate of drug-likeness (QED) is 0.457. The second kappa shape index (κ2) is 8.14. The summed E-state index contributed by atoms with van der Waals surface area (Å²) in [4.78, 5) is 28.7. The Labute approximate surface area is 182 Å². The molecule has 2 heterocycles. The van der Waals surface area contributed by atoms with Crippen molar-refractivity contribution >= 4 is 29.0 Å². The summed E-state index contributed by atoms with van der Waals surface area (Å²) < 4.78 is 21.1. The van der Waals surface area contributed by atoms with Gasteiger partial charge in [0.1, 0.15) is 23.0 Å². The number of ether oxygens (including phenoxy) is 1. The number of nitrogens with zero attached hydrogens (tertiary/aromatic N) is 2. The van der Waals surface area contributed by atoms with E-state index in [0.717, 1.165) is 12.8 Å². The summed E-state index contributed by atoms with van der Waals surface area (Å²) >= 11 is 0. The Bertz CT molecular complexity index is 1330. The number of aromatic nitrogens is 2. The molecule has 2 aromatic heterocycles. The largest absolute Gasteiger partial charge is 0.456 e. The van der Waals surface area contributed by atoms with Crippen LogP contribution in [0.25, 0.3) is 5.65 Å². The lowest BCUT2D eigenvalue weighted by atomic mass is 10.2. The Kier molecular flexibility index (Phi) is 5.03. The number of rotatable bonds is 6. The van der Waals surface area contributed by atoms with E-state index in [1.165, 1.54) is 18.2 Å². The Balaban J connectivity index is 1.29. The van der Waals surface area contributed by atoms with Gasteiger partial charge in [-0.2, -0.15) is 0 Å². The SMILES string of the molecule is O=C(Nc1cccc(Oc2ccc3nc(NC(=O)C4CC4)cn3c2)c1)c1cccc(F)c1. The predicted octanol–water partition coefficient (Wildman–Crippen LogP) is 4.87. The number of hydrogen-bond donors (Lipinski definition) is 2. The summed E-state index contributed by atoms with van der Waals surface area (Å²) in [5, 5.41) is 5.57. The second-order valence-electron chi connectivity index (χ2n) is 7.61. The number of anilines is 2. The fourth-order valence-electron chi connectivity index (χ4n) is 3.27. The zero-order chi connectivity index (χ0) is 22.1. The van der Waals surface area contributed by atoms with Gasteiger partial charge in [-0.25, -0.2) is 9.37 Å². The highest BCUT2D eigenvalue weighted by Gasteiger charge is 2.30. The summed E-state index contributed by atoms with van der Waals surface area (Å²) in [5.41, 5.74) is 1.43. The number of amides is 2. The first-order chi connectivity index (χ1) is 15.5. The Morgan fingerprint density at radius 3 is 2.62 bits per heavy atom. The van der Waals surface area contributed by atoms with Crippen LogP contribution in [0.2, 0.25) is 0 Å². The molecule has 32 heavy (non-hydrogen) atoms. The molecule has 7 nitrogen and oxygen atoms in total. The molecule has 8 heteroatoms. The lowest BCUT2D eigenvalue weighted by molar-refractivity contribution is -0.117. The maximum atomic E-state index is 13.4. The van der Waals surface area contributed by atoms with E-state index >= 15 is 0 Å². The van der Waals surface area contributed by atoms with Crippen molar-refractivity contribution < 1.29 is 18.7 Å². The first kappa shape index (κ1) is 19.7. The van der Waals surface area contributed by atoms with Gasteiger partial charge in [0.25, 0.3) is 5.91 Å². The van der Waals surface area contributed by atoms with Crippen LogP contribution in [0, 0.1) is 11.7 Å². The van der Waals surface area contributed by atoms with Crippen molar-refractivity contribution in [3.05, 3.63) is 84.4 Å². The lowest BCUT2D eigenvalue weighted by Crippen LogP contribution is -2.13. The van der Waals surface area contributed by atoms with E-state index in [4.69, 9.17) is 4.74 Å². The number of fused-ring (bicyclic) bond motifs is 1. The van der Waals surface area contributed by atoms with E-state index in [-0.39, 0.29) is 17.4 Å². The number of nitrogens with one attached hydrogen (secondary N) is 2. The normalized spacial score (nSPS) is 13.0. The molecule has 0 unspecified atom stereocenters. The van der Waals surface area contributed by atoms with E-state index in [1.807, 2.05) is 0 Å². The van der Waals surface area contributed by atoms with Crippen molar-refractivity contribution in [3.63, 3.8) is 0 Å². The minimum atomic E-state index is -0.472. The average Bonchev–Trinajstić information content (AvgIpc) is 3.55. The monoisotopic (exact) mass is 430 g/mol. The van der Waals surface area contributed by atoms with Crippen LogP contribution in [0.5, 0.6) is 11.5 Å². The number of carbonyl (C=O) groups is 2. The van der Waals surface area contributed by atoms with Crippen molar-refractivity contribution in [1.29, 1.82) is 0 Å². The van der Waals surface area contributed by atoms with Crippen LogP contribution in [0.4, 0.5) is 15.9 Å². The third kappa shape index (κ3) is 4.44. The molecule has 0 spiro atoms. The van der Waals surface area contributed by atoms with E-state index in [2.05, 4.69) is 15.6 Å². The predicted molar refractivity (Wildman–Crippen MR) is 117 cm³/mol. The smallest absolute Gasteiger partial charge is 0.255 e. The first-order valence-corrected chi connectivity index (χ1v) is 10.2. The average molecular weight is 430 g/mol. The molecule has 2 amide bonds. The van der Waals surface area contributed by atoms with Crippen molar-refractivity contribution in [2.24, 2.45) is 5.92 Å². The van der Waals surface area contributed by atoms with Crippen LogP contribution in [0.15, 0.2) is 73.1 Å². The third-order valence-electron chi connectivity index (χ3n) is 5.04. The molecule has 1 saturated carbocycles. The topological polar surface area (TPSA) is 84.7 Å². The molecule has 1 aliphatic rings. The molecular formula is C24H19FN4O3. The van der Waals surface area contributed by atoms with Gasteiger partial charge < -0.3 is 19.8 Å². The Morgan fingerprint density at radius 2 is 1.81 bits per heavy atom. The van der Waals surface area contributed by atoms with Crippen molar-refractivity contribution in [3.8, 4) is 11.5 Å². The van der Waals surface area contributed by atoms with Crippen molar-refractivity contribution in [2.45, 2.75) is 12.8 Å². The van der Waals surface area contributed by atoms with Crippen molar-refractivity contribution in [2.75, 3.05) is 10.6 Å². The Hall–Kier alpha value is -4.20. The summed E-state index contributed by atoms with van der Waals surface area (Å²) in [6.07, 6.45) is 5.35. The number of benzene rings is 2. The molecule has 0 atom stereocenters. The minimum Gasteiger partial charge on any atom is -0.456 e. The van der Waals surface area contributed by atoms with Crippen LogP contribution in [-0.4, -0.2) is 21.2 Å². The minimum absolute atomic E-state index is 0.00184. The van der Waals surface area contributed by atoms with Gasteiger partial charge in [-0.15, -0.1) is 0 Å². The first-order valence-electron chi connectivity index (χ1n) is 10.2. The highest BCUT2D eigenvalue weighted by molar-refractivity contribution is 6.04. The van der Waals surface area contributed by atoms with E-state index in [1.54, 1.807) is 59.3 Å². The molecule has 4 aromatic rings. The van der Waals surface area contributed by atoms with Crippen LogP contribution in [0.1, 0.15) is 23.2 Å². The van der Waals surface area contributed by atoms with Gasteiger partial charge in [0, 0.05) is 23.2 Å². The fraction of sp³-hybridized carbons (Fsp3) is 0.125. The molecular weight excluding hydrogens is 411 g/mol. The van der Waals surface area contributed by atoms with E-state index < -0.39 is 11.7 Å². The van der Waals surface area contributed by atoms with Gasteiger partial charge in [-0.3, -0.25) is 9.59 Å². The maximum Gasteiger partial charge on any atom is 0.255 e. The summed E-state index contributed by atoms with van der Waals surface area (Å²) in [5.74, 6) is 0.796. The van der Waals surface area contributed by atoms with Gasteiger partial charge in [0.15, 0.2) is 5.82 Å². The molecule has 1 fully saturated rings. The zero-order valence-corrected chi connectivity index (χ0v) is 16.9. The fourth-order valence-corrected chi connectivity index (χ4v) is 3.27. The number of imidazole rings is 1. The van der Waals surface area contributed by atoms with Crippen LogP contribution in [-0.2, 0) is 4.79 Å². The van der Waals surface area contributed by atoms with Gasteiger partial charge >= 0.3 is 0 Å². The lowest BCUT2D eigenvalue weighted by Gasteiger charge is -2.09. The number of pyridine rings is 1. The number of halogens is 1. The zero-order valence-electron chi connectivity index (χ0n) is 16.9. The molecule has 5 rings (SSSR count). The summed E-state index contributed by atoms with van der Waals surface area (Å²) in [6.45, 7) is 0. The van der Waals surface area contributed by atoms with Gasteiger partial charge in [-0.1, -0.05) is 12.1 Å². The molecule has 0 bridgehead atoms. The van der Waals surface area contributed by atoms with Crippen LogP contribution < -0.4 is 15.4 Å². The molecule has 0 saturated heterocycles. The molecule has 2 N–H and O–H groups in total. The molecule has 2 aromatic carbocycles. The maximum absolute atomic E-state index is 13.4. The van der Waals surface area contributed by atoms with Crippen molar-refractivity contribution in [1.82, 2.24) is 9.38 Å². The summed E-state index contributed by atoms with van der Waals surface area (Å²) in [7, 11) is 0. The molecule has 0 radical (unpaired) electrons. The van der Waals surface area contributed by atoms with Gasteiger partial charge in [0.05, 0.1) is 12.4 Å². The van der Waals surface area contributed by atoms with Crippen LogP contribution in [0.3, 0.4) is 0 Å². The Morgan fingerprint density at radius 1 is 0.969 bits per heavy atom.